The number of nitrogens with zero attached hydrogens (tertiary/aromatic N) is 2. The summed E-state index contributed by atoms with van der Waals surface area (Å²) < 4.78 is 0. The average molecular weight is 213 g/mol. The Labute approximate surface area is 92.6 Å². The van der Waals surface area contributed by atoms with Gasteiger partial charge < -0.3 is 15.1 Å². The molecule has 0 radical (unpaired) electrons. The summed E-state index contributed by atoms with van der Waals surface area (Å²) >= 11 is 0. The number of likely N-dealkylation sites (N-methyl/N-ethyl adjacent to an activating group) is 2. The van der Waals surface area contributed by atoms with Crippen molar-refractivity contribution in [2.24, 2.45) is 0 Å². The molecule has 0 saturated heterocycles. The molecule has 0 aliphatic heterocycles. The lowest BCUT2D eigenvalue weighted by molar-refractivity contribution is -0.129. The Morgan fingerprint density at radius 1 is 1.40 bits per heavy atom. The highest BCUT2D eigenvalue weighted by atomic mass is 16.2. The third-order valence-corrected chi connectivity index (χ3v) is 2.73. The molecule has 0 bridgehead atoms. The molecule has 0 aromatic heterocycles. The predicted octanol–water partition coefficient (Wildman–Crippen LogP) is 0.147. The summed E-state index contributed by atoms with van der Waals surface area (Å²) in [5, 5.41) is 3.24. The molecule has 1 atom stereocenters. The molecule has 0 aromatic rings. The van der Waals surface area contributed by atoms with Gasteiger partial charge in [-0.25, -0.2) is 0 Å². The molecule has 1 rings (SSSR count). The zero-order chi connectivity index (χ0) is 11.4. The Hall–Kier alpha value is -0.610. The first-order chi connectivity index (χ1) is 7.00. The molecule has 1 saturated carbocycles. The van der Waals surface area contributed by atoms with Crippen LogP contribution in [-0.4, -0.2) is 62.0 Å². The van der Waals surface area contributed by atoms with E-state index >= 15 is 0 Å². The highest BCUT2D eigenvalue weighted by Crippen LogP contribution is 2.24. The quantitative estimate of drug-likeness (QED) is 0.682. The molecule has 4 heteroatoms. The van der Waals surface area contributed by atoms with E-state index in [1.807, 2.05) is 26.0 Å². The van der Waals surface area contributed by atoms with Gasteiger partial charge in [0.25, 0.3) is 0 Å². The lowest BCUT2D eigenvalue weighted by Crippen LogP contribution is -2.43. The SMILES string of the molecule is CC(CN(C)C)NCC(=O)N(C)C1CC1. The van der Waals surface area contributed by atoms with E-state index in [1.165, 1.54) is 12.8 Å². The zero-order valence-corrected chi connectivity index (χ0v) is 10.3. The minimum atomic E-state index is 0.211. The van der Waals surface area contributed by atoms with Crippen molar-refractivity contribution in [2.75, 3.05) is 34.2 Å². The minimum Gasteiger partial charge on any atom is -0.342 e. The first-order valence-electron chi connectivity index (χ1n) is 5.64. The first-order valence-corrected chi connectivity index (χ1v) is 5.64. The normalized spacial score (nSPS) is 17.9. The van der Waals surface area contributed by atoms with Crippen LogP contribution < -0.4 is 5.32 Å². The number of rotatable bonds is 6. The number of hydrogen-bond acceptors (Lipinski definition) is 3. The number of carbonyl (C=O) groups excluding carboxylic acids is 1. The van der Waals surface area contributed by atoms with Crippen LogP contribution in [-0.2, 0) is 4.79 Å². The summed E-state index contributed by atoms with van der Waals surface area (Å²) in [6.07, 6.45) is 2.35. The predicted molar refractivity (Wildman–Crippen MR) is 61.8 cm³/mol. The molecular weight excluding hydrogens is 190 g/mol. The molecule has 1 aliphatic rings. The third-order valence-electron chi connectivity index (χ3n) is 2.73. The van der Waals surface area contributed by atoms with Crippen molar-refractivity contribution in [3.05, 3.63) is 0 Å². The Kier molecular flexibility index (Phi) is 4.54. The molecule has 88 valence electrons. The molecule has 1 aliphatic carbocycles. The van der Waals surface area contributed by atoms with Gasteiger partial charge in [0, 0.05) is 25.7 Å². The van der Waals surface area contributed by atoms with E-state index in [2.05, 4.69) is 17.1 Å². The molecule has 0 heterocycles. The van der Waals surface area contributed by atoms with Gasteiger partial charge in [-0.05, 0) is 33.9 Å². The minimum absolute atomic E-state index is 0.211. The van der Waals surface area contributed by atoms with Gasteiger partial charge in [0.15, 0.2) is 0 Å². The summed E-state index contributed by atoms with van der Waals surface area (Å²) in [6, 6.07) is 0.875. The average Bonchev–Trinajstić information content (AvgIpc) is 2.95. The van der Waals surface area contributed by atoms with Gasteiger partial charge in [-0.2, -0.15) is 0 Å². The molecule has 1 unspecified atom stereocenters. The maximum atomic E-state index is 11.7. The molecule has 1 N–H and O–H groups in total. The molecule has 1 fully saturated rings. The Balaban J connectivity index is 2.15. The highest BCUT2D eigenvalue weighted by Gasteiger charge is 2.29. The van der Waals surface area contributed by atoms with Crippen molar-refractivity contribution in [3.63, 3.8) is 0 Å². The van der Waals surface area contributed by atoms with Gasteiger partial charge in [-0.15, -0.1) is 0 Å². The summed E-state index contributed by atoms with van der Waals surface area (Å²) in [6.45, 7) is 3.52. The number of amides is 1. The first kappa shape index (κ1) is 12.5. The molecule has 1 amide bonds. The second-order valence-corrected chi connectivity index (χ2v) is 4.78. The Morgan fingerprint density at radius 2 is 2.00 bits per heavy atom. The van der Waals surface area contributed by atoms with Crippen molar-refractivity contribution >= 4 is 5.91 Å². The van der Waals surface area contributed by atoms with Crippen LogP contribution in [0.1, 0.15) is 19.8 Å². The Bertz CT molecular complexity index is 214. The fourth-order valence-electron chi connectivity index (χ4n) is 1.66. The van der Waals surface area contributed by atoms with Crippen molar-refractivity contribution in [2.45, 2.75) is 31.8 Å². The van der Waals surface area contributed by atoms with E-state index in [0.29, 0.717) is 18.6 Å². The number of hydrogen-bond donors (Lipinski definition) is 1. The van der Waals surface area contributed by atoms with E-state index < -0.39 is 0 Å². The molecule has 0 aromatic carbocycles. The van der Waals surface area contributed by atoms with Gasteiger partial charge in [0.2, 0.25) is 5.91 Å². The topological polar surface area (TPSA) is 35.6 Å². The van der Waals surface area contributed by atoms with Crippen LogP contribution in [0.3, 0.4) is 0 Å². The second-order valence-electron chi connectivity index (χ2n) is 4.78. The Morgan fingerprint density at radius 3 is 2.47 bits per heavy atom. The van der Waals surface area contributed by atoms with E-state index in [9.17, 15) is 4.79 Å². The van der Waals surface area contributed by atoms with E-state index in [0.717, 1.165) is 6.54 Å². The van der Waals surface area contributed by atoms with Crippen molar-refractivity contribution < 1.29 is 4.79 Å². The van der Waals surface area contributed by atoms with Crippen LogP contribution in [0.25, 0.3) is 0 Å². The fraction of sp³-hybridized carbons (Fsp3) is 0.909. The van der Waals surface area contributed by atoms with Crippen LogP contribution in [0.2, 0.25) is 0 Å². The lowest BCUT2D eigenvalue weighted by Gasteiger charge is -2.21. The fourth-order valence-corrected chi connectivity index (χ4v) is 1.66. The lowest BCUT2D eigenvalue weighted by atomic mass is 10.3. The smallest absolute Gasteiger partial charge is 0.236 e. The standard InChI is InChI=1S/C11H23N3O/c1-9(8-13(2)3)12-7-11(15)14(4)10-5-6-10/h9-10,12H,5-8H2,1-4H3. The van der Waals surface area contributed by atoms with Gasteiger partial charge in [-0.3, -0.25) is 4.79 Å². The van der Waals surface area contributed by atoms with E-state index in [1.54, 1.807) is 0 Å². The zero-order valence-electron chi connectivity index (χ0n) is 10.3. The van der Waals surface area contributed by atoms with Crippen LogP contribution in [0.15, 0.2) is 0 Å². The van der Waals surface area contributed by atoms with Crippen molar-refractivity contribution in [3.8, 4) is 0 Å². The molecule has 0 spiro atoms. The van der Waals surface area contributed by atoms with E-state index in [4.69, 9.17) is 0 Å². The van der Waals surface area contributed by atoms with Crippen LogP contribution >= 0.6 is 0 Å². The number of nitrogens with one attached hydrogen (secondary N) is 1. The number of carbonyl (C=O) groups is 1. The largest absolute Gasteiger partial charge is 0.342 e. The highest BCUT2D eigenvalue weighted by molar-refractivity contribution is 5.78. The van der Waals surface area contributed by atoms with Crippen molar-refractivity contribution in [1.29, 1.82) is 0 Å². The van der Waals surface area contributed by atoms with Crippen LogP contribution in [0.5, 0.6) is 0 Å². The molecule has 15 heavy (non-hydrogen) atoms. The third kappa shape index (κ3) is 4.62. The molecule has 4 nitrogen and oxygen atoms in total. The van der Waals surface area contributed by atoms with Gasteiger partial charge in [-0.1, -0.05) is 0 Å². The maximum Gasteiger partial charge on any atom is 0.236 e. The van der Waals surface area contributed by atoms with Crippen molar-refractivity contribution in [1.82, 2.24) is 15.1 Å². The van der Waals surface area contributed by atoms with Gasteiger partial charge in [0.05, 0.1) is 6.54 Å². The monoisotopic (exact) mass is 213 g/mol. The van der Waals surface area contributed by atoms with E-state index in [-0.39, 0.29) is 5.91 Å². The van der Waals surface area contributed by atoms with Crippen LogP contribution in [0, 0.1) is 0 Å². The summed E-state index contributed by atoms with van der Waals surface area (Å²) in [4.78, 5) is 15.7. The summed E-state index contributed by atoms with van der Waals surface area (Å²) in [5.74, 6) is 0.211. The summed E-state index contributed by atoms with van der Waals surface area (Å²) in [5.41, 5.74) is 0. The van der Waals surface area contributed by atoms with Crippen LogP contribution in [0.4, 0.5) is 0 Å². The summed E-state index contributed by atoms with van der Waals surface area (Å²) in [7, 11) is 5.98. The molecular formula is C11H23N3O. The van der Waals surface area contributed by atoms with Gasteiger partial charge in [0.1, 0.15) is 0 Å². The van der Waals surface area contributed by atoms with Gasteiger partial charge >= 0.3 is 0 Å². The second kappa shape index (κ2) is 5.47. The maximum absolute atomic E-state index is 11.7.